The Morgan fingerprint density at radius 2 is 2.00 bits per heavy atom. The van der Waals surface area contributed by atoms with Gasteiger partial charge in [-0.15, -0.1) is 0 Å². The van der Waals surface area contributed by atoms with Gasteiger partial charge in [-0.2, -0.15) is 0 Å². The van der Waals surface area contributed by atoms with Crippen molar-refractivity contribution in [3.8, 4) is 0 Å². The minimum Gasteiger partial charge on any atom is -0.591 e. The first-order chi connectivity index (χ1) is 6.38. The molecule has 0 aliphatic rings. The van der Waals surface area contributed by atoms with Crippen molar-refractivity contribution < 1.29 is 4.55 Å². The maximum Gasteiger partial charge on any atom is 0.144 e. The van der Waals surface area contributed by atoms with Crippen LogP contribution in [-0.4, -0.2) is 28.8 Å². The SMILES string of the molecule is CN=CC=C(N)C=N[S+]([O-])C(C)(C)C. The first kappa shape index (κ1) is 13.2. The number of hydrogen-bond donors (Lipinski definition) is 1. The average Bonchev–Trinajstić information content (AvgIpc) is 2.09. The summed E-state index contributed by atoms with van der Waals surface area (Å²) in [6.07, 6.45) is 4.55. The number of allylic oxidation sites excluding steroid dienone is 2. The van der Waals surface area contributed by atoms with Gasteiger partial charge in [0.25, 0.3) is 0 Å². The largest absolute Gasteiger partial charge is 0.591 e. The van der Waals surface area contributed by atoms with Crippen molar-refractivity contribution in [2.75, 3.05) is 7.05 Å². The van der Waals surface area contributed by atoms with Gasteiger partial charge in [0.2, 0.25) is 0 Å². The van der Waals surface area contributed by atoms with Gasteiger partial charge in [-0.1, -0.05) is 4.40 Å². The van der Waals surface area contributed by atoms with Crippen molar-refractivity contribution in [1.82, 2.24) is 0 Å². The lowest BCUT2D eigenvalue weighted by atomic mass is 10.3. The molecule has 0 aromatic carbocycles. The van der Waals surface area contributed by atoms with Crippen molar-refractivity contribution >= 4 is 23.8 Å². The second kappa shape index (κ2) is 5.82. The summed E-state index contributed by atoms with van der Waals surface area (Å²) in [5, 5.41) is 0. The molecule has 0 saturated carbocycles. The van der Waals surface area contributed by atoms with Crippen LogP contribution in [0.1, 0.15) is 20.8 Å². The summed E-state index contributed by atoms with van der Waals surface area (Å²) in [5.74, 6) is 0. The van der Waals surface area contributed by atoms with E-state index in [-0.39, 0.29) is 4.75 Å². The van der Waals surface area contributed by atoms with Crippen LogP contribution in [0.2, 0.25) is 0 Å². The maximum absolute atomic E-state index is 11.4. The van der Waals surface area contributed by atoms with E-state index in [0.29, 0.717) is 5.70 Å². The van der Waals surface area contributed by atoms with Gasteiger partial charge in [-0.05, 0) is 26.8 Å². The van der Waals surface area contributed by atoms with Crippen molar-refractivity contribution in [2.45, 2.75) is 25.5 Å². The van der Waals surface area contributed by atoms with Crippen LogP contribution in [0.25, 0.3) is 0 Å². The van der Waals surface area contributed by atoms with Gasteiger partial charge in [-0.3, -0.25) is 4.99 Å². The summed E-state index contributed by atoms with van der Waals surface area (Å²) in [6, 6.07) is 0. The zero-order chi connectivity index (χ0) is 11.2. The van der Waals surface area contributed by atoms with E-state index in [2.05, 4.69) is 9.39 Å². The summed E-state index contributed by atoms with van der Waals surface area (Å²) in [7, 11) is 1.65. The van der Waals surface area contributed by atoms with Gasteiger partial charge < -0.3 is 10.3 Å². The van der Waals surface area contributed by atoms with E-state index in [0.717, 1.165) is 0 Å². The monoisotopic (exact) mass is 215 g/mol. The topological polar surface area (TPSA) is 73.8 Å². The van der Waals surface area contributed by atoms with Crippen LogP contribution < -0.4 is 5.73 Å². The van der Waals surface area contributed by atoms with Crippen LogP contribution in [0.15, 0.2) is 21.2 Å². The molecule has 0 bridgehead atoms. The number of nitrogens with two attached hydrogens (primary N) is 1. The molecule has 0 saturated heterocycles. The number of rotatable bonds is 3. The molecule has 0 radical (unpaired) electrons. The van der Waals surface area contributed by atoms with Gasteiger partial charge in [0.05, 0.1) is 5.70 Å². The predicted molar refractivity (Wildman–Crippen MR) is 63.1 cm³/mol. The molecule has 0 amide bonds. The highest BCUT2D eigenvalue weighted by Crippen LogP contribution is 2.16. The lowest BCUT2D eigenvalue weighted by Gasteiger charge is -2.17. The lowest BCUT2D eigenvalue weighted by molar-refractivity contribution is 0.562. The van der Waals surface area contributed by atoms with E-state index in [1.54, 1.807) is 19.3 Å². The molecule has 1 atom stereocenters. The molecule has 2 N–H and O–H groups in total. The van der Waals surface area contributed by atoms with E-state index in [4.69, 9.17) is 5.73 Å². The molecule has 80 valence electrons. The van der Waals surface area contributed by atoms with E-state index >= 15 is 0 Å². The molecule has 5 heteroatoms. The van der Waals surface area contributed by atoms with Crippen LogP contribution in [-0.2, 0) is 11.4 Å². The molecule has 0 heterocycles. The highest BCUT2D eigenvalue weighted by Gasteiger charge is 2.25. The molecular weight excluding hydrogens is 198 g/mol. The molecule has 4 nitrogen and oxygen atoms in total. The summed E-state index contributed by atoms with van der Waals surface area (Å²) in [4.78, 5) is 3.73. The minimum absolute atomic E-state index is 0.352. The molecule has 0 aromatic heterocycles. The summed E-state index contributed by atoms with van der Waals surface area (Å²) < 4.78 is 14.9. The fourth-order valence-electron chi connectivity index (χ4n) is 0.470. The van der Waals surface area contributed by atoms with E-state index < -0.39 is 11.4 Å². The zero-order valence-electron chi connectivity index (χ0n) is 9.02. The van der Waals surface area contributed by atoms with Crippen molar-refractivity contribution in [3.63, 3.8) is 0 Å². The van der Waals surface area contributed by atoms with Gasteiger partial charge in [0.1, 0.15) is 22.3 Å². The fourth-order valence-corrected chi connectivity index (χ4v) is 1.00. The highest BCUT2D eigenvalue weighted by molar-refractivity contribution is 7.91. The average molecular weight is 215 g/mol. The van der Waals surface area contributed by atoms with Crippen LogP contribution in [0.5, 0.6) is 0 Å². The van der Waals surface area contributed by atoms with Gasteiger partial charge in [-0.25, -0.2) is 0 Å². The predicted octanol–water partition coefficient (Wildman–Crippen LogP) is 1.06. The summed E-state index contributed by atoms with van der Waals surface area (Å²) in [5.41, 5.74) is 5.98. The van der Waals surface area contributed by atoms with Crippen molar-refractivity contribution in [1.29, 1.82) is 0 Å². The Morgan fingerprint density at radius 3 is 2.43 bits per heavy atom. The Labute approximate surface area is 88.3 Å². The van der Waals surface area contributed by atoms with Gasteiger partial charge >= 0.3 is 0 Å². The third-order valence-electron chi connectivity index (χ3n) is 1.24. The molecule has 1 unspecified atom stereocenters. The Balaban J connectivity index is 4.31. The van der Waals surface area contributed by atoms with E-state index in [9.17, 15) is 4.55 Å². The smallest absolute Gasteiger partial charge is 0.144 e. The molecule has 0 aliphatic carbocycles. The minimum atomic E-state index is -1.26. The number of aliphatic imine (C=N–C) groups is 1. The van der Waals surface area contributed by atoms with Crippen LogP contribution in [0.3, 0.4) is 0 Å². The molecule has 14 heavy (non-hydrogen) atoms. The van der Waals surface area contributed by atoms with E-state index in [1.165, 1.54) is 6.21 Å². The van der Waals surface area contributed by atoms with Crippen LogP contribution in [0, 0.1) is 0 Å². The van der Waals surface area contributed by atoms with Crippen LogP contribution >= 0.6 is 0 Å². The van der Waals surface area contributed by atoms with Gasteiger partial charge in [0.15, 0.2) is 0 Å². The first-order valence-corrected chi connectivity index (χ1v) is 5.32. The summed E-state index contributed by atoms with van der Waals surface area (Å²) in [6.45, 7) is 5.57. The fraction of sp³-hybridized carbons (Fsp3) is 0.556. The molecule has 0 aliphatic heterocycles. The normalized spacial score (nSPS) is 16.8. The summed E-state index contributed by atoms with van der Waals surface area (Å²) >= 11 is -1.26. The third kappa shape index (κ3) is 5.77. The quantitative estimate of drug-likeness (QED) is 0.564. The maximum atomic E-state index is 11.4. The Hall–Kier alpha value is -0.810. The first-order valence-electron chi connectivity index (χ1n) is 4.22. The van der Waals surface area contributed by atoms with Gasteiger partial charge in [0, 0.05) is 13.3 Å². The lowest BCUT2D eigenvalue weighted by Crippen LogP contribution is -2.26. The number of hydrogen-bond acceptors (Lipinski definition) is 4. The Morgan fingerprint density at radius 1 is 1.43 bits per heavy atom. The Bertz CT molecular complexity index is 253. The number of nitrogens with zero attached hydrogens (tertiary/aromatic N) is 2. The van der Waals surface area contributed by atoms with Crippen LogP contribution in [0.4, 0.5) is 0 Å². The second-order valence-corrected chi connectivity index (χ2v) is 5.60. The second-order valence-electron chi connectivity index (χ2n) is 3.67. The van der Waals surface area contributed by atoms with Crippen molar-refractivity contribution in [3.05, 3.63) is 11.8 Å². The molecule has 0 spiro atoms. The van der Waals surface area contributed by atoms with E-state index in [1.807, 2.05) is 20.8 Å². The Kier molecular flexibility index (Phi) is 5.49. The molecule has 0 rings (SSSR count). The highest BCUT2D eigenvalue weighted by atomic mass is 32.2. The van der Waals surface area contributed by atoms with Crippen molar-refractivity contribution in [2.24, 2.45) is 15.1 Å². The molecular formula is C9H17N3OS. The zero-order valence-corrected chi connectivity index (χ0v) is 9.84. The molecule has 0 aromatic rings. The third-order valence-corrected chi connectivity index (χ3v) is 2.58. The molecule has 0 fully saturated rings. The standard InChI is InChI=1S/C9H17N3OS/c1-9(2,3)14(13)12-7-8(10)5-6-11-4/h5-7H,10H2,1-4H3.